The molecule has 5 nitrogen and oxygen atoms in total. The number of hydrogen-bond acceptors (Lipinski definition) is 3. The third-order valence-electron chi connectivity index (χ3n) is 4.64. The van der Waals surface area contributed by atoms with Gasteiger partial charge in [-0.2, -0.15) is 0 Å². The summed E-state index contributed by atoms with van der Waals surface area (Å²) in [4.78, 5) is 25.9. The summed E-state index contributed by atoms with van der Waals surface area (Å²) in [6.45, 7) is 3.47. The molecule has 1 saturated carbocycles. The number of likely N-dealkylation sites (N-methyl/N-ethyl adjacent to an activating group) is 1. The molecule has 20 heavy (non-hydrogen) atoms. The third-order valence-corrected chi connectivity index (χ3v) is 4.64. The van der Waals surface area contributed by atoms with Gasteiger partial charge in [0.25, 0.3) is 0 Å². The van der Waals surface area contributed by atoms with Gasteiger partial charge in [-0.15, -0.1) is 0 Å². The molecule has 0 radical (unpaired) electrons. The van der Waals surface area contributed by atoms with Gasteiger partial charge in [0.15, 0.2) is 0 Å². The van der Waals surface area contributed by atoms with E-state index >= 15 is 0 Å². The highest BCUT2D eigenvalue weighted by Gasteiger charge is 2.31. The molecule has 0 spiro atoms. The maximum Gasteiger partial charge on any atom is 0.237 e. The smallest absolute Gasteiger partial charge is 0.237 e. The molecule has 114 valence electrons. The second kappa shape index (κ2) is 7.07. The lowest BCUT2D eigenvalue weighted by atomic mass is 9.87. The first-order valence-electron chi connectivity index (χ1n) is 7.85. The average molecular weight is 281 g/mol. The van der Waals surface area contributed by atoms with E-state index in [1.807, 2.05) is 4.90 Å². The van der Waals surface area contributed by atoms with E-state index < -0.39 is 0 Å². The summed E-state index contributed by atoms with van der Waals surface area (Å²) < 4.78 is 0. The number of carbonyl (C=O) groups is 2. The topological polar surface area (TPSA) is 61.4 Å². The minimum atomic E-state index is -0.128. The number of nitrogens with one attached hydrogen (secondary N) is 2. The molecule has 2 rings (SSSR count). The van der Waals surface area contributed by atoms with E-state index in [9.17, 15) is 9.59 Å². The lowest BCUT2D eigenvalue weighted by molar-refractivity contribution is -0.127. The van der Waals surface area contributed by atoms with E-state index in [1.165, 1.54) is 12.8 Å². The van der Waals surface area contributed by atoms with Crippen molar-refractivity contribution in [1.29, 1.82) is 0 Å². The van der Waals surface area contributed by atoms with Gasteiger partial charge >= 0.3 is 0 Å². The Bertz CT molecular complexity index is 351. The van der Waals surface area contributed by atoms with Gasteiger partial charge in [0.05, 0.1) is 12.6 Å². The van der Waals surface area contributed by atoms with Crippen LogP contribution in [0.3, 0.4) is 0 Å². The highest BCUT2D eigenvalue weighted by Crippen LogP contribution is 2.23. The zero-order valence-electron chi connectivity index (χ0n) is 12.7. The predicted molar refractivity (Wildman–Crippen MR) is 78.2 cm³/mol. The Morgan fingerprint density at radius 3 is 2.50 bits per heavy atom. The molecule has 1 atom stereocenters. The average Bonchev–Trinajstić information content (AvgIpc) is 2.88. The van der Waals surface area contributed by atoms with E-state index in [2.05, 4.69) is 17.6 Å². The van der Waals surface area contributed by atoms with Gasteiger partial charge in [-0.1, -0.05) is 6.92 Å². The summed E-state index contributed by atoms with van der Waals surface area (Å²) in [6, 6.07) is 0.205. The van der Waals surface area contributed by atoms with Crippen molar-refractivity contribution in [3.8, 4) is 0 Å². The Labute approximate surface area is 121 Å². The minimum absolute atomic E-state index is 0.0294. The van der Waals surface area contributed by atoms with Crippen molar-refractivity contribution in [3.05, 3.63) is 0 Å². The molecule has 1 saturated heterocycles. The minimum Gasteiger partial charge on any atom is -0.358 e. The second-order valence-electron chi connectivity index (χ2n) is 6.27. The third kappa shape index (κ3) is 3.95. The molecular formula is C15H27N3O2. The van der Waals surface area contributed by atoms with Crippen LogP contribution in [0.4, 0.5) is 0 Å². The number of amides is 2. The van der Waals surface area contributed by atoms with Crippen molar-refractivity contribution in [1.82, 2.24) is 15.5 Å². The molecule has 0 aromatic rings. The Kier molecular flexibility index (Phi) is 5.40. The van der Waals surface area contributed by atoms with E-state index in [-0.39, 0.29) is 17.9 Å². The zero-order chi connectivity index (χ0) is 14.5. The van der Waals surface area contributed by atoms with Crippen LogP contribution in [0.25, 0.3) is 0 Å². The molecule has 2 fully saturated rings. The molecule has 1 aliphatic heterocycles. The van der Waals surface area contributed by atoms with Crippen molar-refractivity contribution < 1.29 is 9.59 Å². The first-order chi connectivity index (χ1) is 9.60. The summed E-state index contributed by atoms with van der Waals surface area (Å²) >= 11 is 0. The molecule has 2 N–H and O–H groups in total. The van der Waals surface area contributed by atoms with Crippen LogP contribution in [-0.2, 0) is 9.59 Å². The highest BCUT2D eigenvalue weighted by atomic mass is 16.2. The molecule has 1 heterocycles. The normalized spacial score (nSPS) is 31.0. The summed E-state index contributed by atoms with van der Waals surface area (Å²) in [5.74, 6) is 0.890. The van der Waals surface area contributed by atoms with Crippen LogP contribution in [0.15, 0.2) is 0 Å². The van der Waals surface area contributed by atoms with Crippen molar-refractivity contribution in [2.45, 2.75) is 57.5 Å². The number of rotatable bonds is 4. The molecule has 2 amide bonds. The van der Waals surface area contributed by atoms with Gasteiger partial charge in [-0.3, -0.25) is 14.5 Å². The Balaban J connectivity index is 1.77. The van der Waals surface area contributed by atoms with Crippen LogP contribution >= 0.6 is 0 Å². The molecular weight excluding hydrogens is 254 g/mol. The quantitative estimate of drug-likeness (QED) is 0.804. The van der Waals surface area contributed by atoms with Crippen LogP contribution < -0.4 is 10.6 Å². The van der Waals surface area contributed by atoms with E-state index in [0.29, 0.717) is 12.6 Å². The Morgan fingerprint density at radius 2 is 1.85 bits per heavy atom. The lowest BCUT2D eigenvalue weighted by Crippen LogP contribution is -2.48. The lowest BCUT2D eigenvalue weighted by Gasteiger charge is -2.28. The van der Waals surface area contributed by atoms with Gasteiger partial charge in [-0.25, -0.2) is 0 Å². The number of nitrogens with zero attached hydrogens (tertiary/aromatic N) is 1. The van der Waals surface area contributed by atoms with Crippen molar-refractivity contribution in [2.75, 3.05) is 20.1 Å². The highest BCUT2D eigenvalue weighted by molar-refractivity contribution is 5.83. The maximum absolute atomic E-state index is 12.1. The summed E-state index contributed by atoms with van der Waals surface area (Å²) in [7, 11) is 1.65. The number of carbonyl (C=O) groups excluding carboxylic acids is 2. The van der Waals surface area contributed by atoms with Gasteiger partial charge in [0, 0.05) is 13.1 Å². The number of hydrogen-bond donors (Lipinski definition) is 2. The van der Waals surface area contributed by atoms with Crippen LogP contribution in [0.1, 0.15) is 45.4 Å². The zero-order valence-corrected chi connectivity index (χ0v) is 12.7. The maximum atomic E-state index is 12.1. The van der Waals surface area contributed by atoms with Crippen molar-refractivity contribution in [2.24, 2.45) is 5.92 Å². The molecule has 0 aromatic heterocycles. The SMILES string of the molecule is CNC(=O)C1CCCN1CC(=O)NC1CCC(C)CC1. The van der Waals surface area contributed by atoms with Gasteiger partial charge in [0.2, 0.25) is 11.8 Å². The van der Waals surface area contributed by atoms with E-state index in [4.69, 9.17) is 0 Å². The van der Waals surface area contributed by atoms with Crippen molar-refractivity contribution in [3.63, 3.8) is 0 Å². The van der Waals surface area contributed by atoms with Crippen molar-refractivity contribution >= 4 is 11.8 Å². The van der Waals surface area contributed by atoms with Gasteiger partial charge < -0.3 is 10.6 Å². The monoisotopic (exact) mass is 281 g/mol. The number of likely N-dealkylation sites (tertiary alicyclic amines) is 1. The fourth-order valence-electron chi connectivity index (χ4n) is 3.34. The van der Waals surface area contributed by atoms with E-state index in [0.717, 1.165) is 38.1 Å². The van der Waals surface area contributed by atoms with Gasteiger partial charge in [-0.05, 0) is 51.0 Å². The van der Waals surface area contributed by atoms with E-state index in [1.54, 1.807) is 7.05 Å². The van der Waals surface area contributed by atoms with Crippen LogP contribution in [-0.4, -0.2) is 48.9 Å². The molecule has 2 aliphatic rings. The second-order valence-corrected chi connectivity index (χ2v) is 6.27. The summed E-state index contributed by atoms with van der Waals surface area (Å²) in [6.07, 6.45) is 6.43. The Morgan fingerprint density at radius 1 is 1.15 bits per heavy atom. The first-order valence-corrected chi connectivity index (χ1v) is 7.85. The molecule has 0 bridgehead atoms. The standard InChI is InChI=1S/C15H27N3O2/c1-11-5-7-12(8-6-11)17-14(19)10-18-9-3-4-13(18)15(20)16-2/h11-13H,3-10H2,1-2H3,(H,16,20)(H,17,19). The van der Waals surface area contributed by atoms with Crippen LogP contribution in [0.5, 0.6) is 0 Å². The molecule has 1 aliphatic carbocycles. The summed E-state index contributed by atoms with van der Waals surface area (Å²) in [5, 5.41) is 5.82. The summed E-state index contributed by atoms with van der Waals surface area (Å²) in [5.41, 5.74) is 0. The molecule has 1 unspecified atom stereocenters. The fourth-order valence-corrected chi connectivity index (χ4v) is 3.34. The largest absolute Gasteiger partial charge is 0.358 e. The first kappa shape index (κ1) is 15.3. The van der Waals surface area contributed by atoms with Crippen LogP contribution in [0, 0.1) is 5.92 Å². The van der Waals surface area contributed by atoms with Crippen LogP contribution in [0.2, 0.25) is 0 Å². The predicted octanol–water partition coefficient (Wildman–Crippen LogP) is 0.892. The molecule has 0 aromatic carbocycles. The fraction of sp³-hybridized carbons (Fsp3) is 0.867. The van der Waals surface area contributed by atoms with Gasteiger partial charge in [0.1, 0.15) is 0 Å². The molecule has 5 heteroatoms. The Hall–Kier alpha value is -1.10.